The fraction of sp³-hybridized carbons (Fsp3) is 0.843. The first-order valence-electron chi connectivity index (χ1n) is 34.0. The number of amides is 1. The number of allylic oxidation sites excluding steroid dienone is 10. The van der Waals surface area contributed by atoms with Crippen LogP contribution in [0.4, 0.5) is 0 Å². The molecule has 7 atom stereocenters. The molecule has 0 aromatic rings. The van der Waals surface area contributed by atoms with Crippen LogP contribution in [0.3, 0.4) is 0 Å². The molecule has 1 heterocycles. The largest absolute Gasteiger partial charge is 0.394 e. The predicted octanol–water partition coefficient (Wildman–Crippen LogP) is 18.2. The third-order valence-electron chi connectivity index (χ3n) is 16.1. The van der Waals surface area contributed by atoms with Gasteiger partial charge in [-0.15, -0.1) is 0 Å². The Morgan fingerprint density at radius 1 is 0.443 bits per heavy atom. The van der Waals surface area contributed by atoms with Gasteiger partial charge in [0.2, 0.25) is 5.91 Å². The van der Waals surface area contributed by atoms with Gasteiger partial charge in [0.05, 0.1) is 25.4 Å². The third kappa shape index (κ3) is 48.0. The molecule has 0 aromatic carbocycles. The molecule has 0 aliphatic carbocycles. The Balaban J connectivity index is 2.05. The number of carbonyl (C=O) groups excluding carboxylic acids is 1. The van der Waals surface area contributed by atoms with Crippen molar-refractivity contribution < 1.29 is 39.8 Å². The first kappa shape index (κ1) is 74.9. The monoisotopic (exact) mass is 1110 g/mol. The number of nitrogens with one attached hydrogen (secondary N) is 1. The molecule has 1 aliphatic heterocycles. The van der Waals surface area contributed by atoms with Crippen LogP contribution in [0.25, 0.3) is 0 Å². The summed E-state index contributed by atoms with van der Waals surface area (Å²) in [5.41, 5.74) is 0. The van der Waals surface area contributed by atoms with Crippen molar-refractivity contribution in [1.82, 2.24) is 5.32 Å². The zero-order chi connectivity index (χ0) is 57.2. The Labute approximate surface area is 487 Å². The second-order valence-corrected chi connectivity index (χ2v) is 23.6. The van der Waals surface area contributed by atoms with Crippen molar-refractivity contribution in [2.24, 2.45) is 0 Å². The molecule has 9 heteroatoms. The molecule has 1 saturated heterocycles. The van der Waals surface area contributed by atoms with Gasteiger partial charge in [-0.1, -0.05) is 319 Å². The van der Waals surface area contributed by atoms with Crippen molar-refractivity contribution in [2.45, 2.75) is 365 Å². The smallest absolute Gasteiger partial charge is 0.220 e. The summed E-state index contributed by atoms with van der Waals surface area (Å²) >= 11 is 0. The van der Waals surface area contributed by atoms with Gasteiger partial charge in [0.1, 0.15) is 24.4 Å². The van der Waals surface area contributed by atoms with Crippen LogP contribution >= 0.6 is 0 Å². The highest BCUT2D eigenvalue weighted by Gasteiger charge is 2.44. The lowest BCUT2D eigenvalue weighted by molar-refractivity contribution is -0.302. The summed E-state index contributed by atoms with van der Waals surface area (Å²) in [5, 5.41) is 54.8. The lowest BCUT2D eigenvalue weighted by Gasteiger charge is -2.40. The van der Waals surface area contributed by atoms with Gasteiger partial charge in [0.25, 0.3) is 0 Å². The highest BCUT2D eigenvalue weighted by Crippen LogP contribution is 2.24. The topological polar surface area (TPSA) is 149 Å². The molecule has 1 aliphatic rings. The number of ether oxygens (including phenoxy) is 2. The maximum Gasteiger partial charge on any atom is 0.220 e. The summed E-state index contributed by atoms with van der Waals surface area (Å²) < 4.78 is 11.3. The zero-order valence-electron chi connectivity index (χ0n) is 51.6. The highest BCUT2D eigenvalue weighted by molar-refractivity contribution is 5.76. The van der Waals surface area contributed by atoms with Gasteiger partial charge in [-0.2, -0.15) is 0 Å². The molecule has 0 aromatic heterocycles. The van der Waals surface area contributed by atoms with Gasteiger partial charge in [0.15, 0.2) is 6.29 Å². The fourth-order valence-electron chi connectivity index (χ4n) is 10.8. The van der Waals surface area contributed by atoms with Gasteiger partial charge >= 0.3 is 0 Å². The van der Waals surface area contributed by atoms with Crippen LogP contribution in [0.2, 0.25) is 0 Å². The van der Waals surface area contributed by atoms with Crippen LogP contribution in [0, 0.1) is 0 Å². The Bertz CT molecular complexity index is 1430. The molecule has 9 nitrogen and oxygen atoms in total. The van der Waals surface area contributed by atoms with E-state index in [4.69, 9.17) is 9.47 Å². The molecular formula is C70H129NO8. The molecule has 6 N–H and O–H groups in total. The summed E-state index contributed by atoms with van der Waals surface area (Å²) in [6.45, 7) is 3.76. The lowest BCUT2D eigenvalue weighted by atomic mass is 9.99. The maximum atomic E-state index is 13.1. The average Bonchev–Trinajstić information content (AvgIpc) is 3.48. The van der Waals surface area contributed by atoms with E-state index in [0.717, 1.165) is 70.6 Å². The van der Waals surface area contributed by atoms with Crippen molar-refractivity contribution in [3.05, 3.63) is 60.8 Å². The fourth-order valence-corrected chi connectivity index (χ4v) is 10.8. The van der Waals surface area contributed by atoms with Gasteiger partial charge in [0, 0.05) is 6.42 Å². The van der Waals surface area contributed by atoms with Gasteiger partial charge < -0.3 is 40.3 Å². The van der Waals surface area contributed by atoms with Crippen molar-refractivity contribution in [1.29, 1.82) is 0 Å². The molecule has 462 valence electrons. The number of aliphatic hydroxyl groups excluding tert-OH is 5. The Morgan fingerprint density at radius 3 is 1.16 bits per heavy atom. The molecule has 0 radical (unpaired) electrons. The van der Waals surface area contributed by atoms with Crippen molar-refractivity contribution in [2.75, 3.05) is 13.2 Å². The average molecular weight is 1110 g/mol. The number of aliphatic hydroxyl groups is 5. The Morgan fingerprint density at radius 2 is 0.785 bits per heavy atom. The summed E-state index contributed by atoms with van der Waals surface area (Å²) in [6, 6.07) is -0.718. The maximum absolute atomic E-state index is 13.1. The van der Waals surface area contributed by atoms with E-state index in [1.807, 2.05) is 0 Å². The van der Waals surface area contributed by atoms with E-state index >= 15 is 0 Å². The number of carbonyl (C=O) groups is 1. The minimum Gasteiger partial charge on any atom is -0.394 e. The second-order valence-electron chi connectivity index (χ2n) is 23.6. The standard InChI is InChI=1S/C70H129NO8/c1-3-5-7-9-11-13-15-17-19-21-22-23-24-25-26-27-28-29-30-31-32-33-34-35-36-37-38-39-40-41-42-44-46-48-50-52-54-56-58-60-66(74)71-63(62-78-70-69(77)68(76)67(75)65(61-72)79-70)64(73)59-57-55-53-51-49-47-45-43-20-18-16-14-12-10-8-6-4-2/h5,7,11,13,17,19,22-23,25-26,63-65,67-70,72-73,75-77H,3-4,6,8-10,12,14-16,18,20-21,24,27-62H2,1-2H3,(H,71,74)/b7-5-,13-11-,19-17-,23-22-,26-25-. The summed E-state index contributed by atoms with van der Waals surface area (Å²) in [4.78, 5) is 13.1. The molecule has 0 saturated carbocycles. The van der Waals surface area contributed by atoms with E-state index < -0.39 is 49.5 Å². The van der Waals surface area contributed by atoms with Crippen LogP contribution in [-0.4, -0.2) is 87.5 Å². The molecule has 1 fully saturated rings. The normalized spacial score (nSPS) is 18.9. The molecule has 79 heavy (non-hydrogen) atoms. The lowest BCUT2D eigenvalue weighted by Crippen LogP contribution is -2.60. The Kier molecular flexibility index (Phi) is 56.0. The van der Waals surface area contributed by atoms with Crippen LogP contribution < -0.4 is 5.32 Å². The van der Waals surface area contributed by atoms with Gasteiger partial charge in [-0.05, 0) is 57.8 Å². The van der Waals surface area contributed by atoms with E-state index in [2.05, 4.69) is 79.9 Å². The van der Waals surface area contributed by atoms with E-state index in [1.165, 1.54) is 225 Å². The van der Waals surface area contributed by atoms with E-state index in [0.29, 0.717) is 12.8 Å². The van der Waals surface area contributed by atoms with E-state index in [9.17, 15) is 30.3 Å². The van der Waals surface area contributed by atoms with Crippen molar-refractivity contribution in [3.8, 4) is 0 Å². The SMILES string of the molecule is CC/C=C\C/C=C\C/C=C\C/C=C\C/C=C\CCCCCCCCCCCCCCCCCCCCCCCCCC(=O)NC(COC1OC(CO)C(O)C(O)C1O)C(O)CCCCCCCCCCCCCCCCCCC. The first-order chi connectivity index (χ1) is 38.8. The molecule has 1 amide bonds. The van der Waals surface area contributed by atoms with E-state index in [1.54, 1.807) is 0 Å². The molecule has 7 unspecified atom stereocenters. The van der Waals surface area contributed by atoms with Crippen LogP contribution in [-0.2, 0) is 14.3 Å². The van der Waals surface area contributed by atoms with Crippen LogP contribution in [0.5, 0.6) is 0 Å². The minimum atomic E-state index is -1.55. The van der Waals surface area contributed by atoms with Gasteiger partial charge in [-0.25, -0.2) is 0 Å². The van der Waals surface area contributed by atoms with Gasteiger partial charge in [-0.3, -0.25) is 4.79 Å². The first-order valence-corrected chi connectivity index (χ1v) is 34.0. The highest BCUT2D eigenvalue weighted by atomic mass is 16.7. The van der Waals surface area contributed by atoms with E-state index in [-0.39, 0.29) is 12.5 Å². The molecular weight excluding hydrogens is 983 g/mol. The van der Waals surface area contributed by atoms with Crippen molar-refractivity contribution >= 4 is 5.91 Å². The molecule has 0 bridgehead atoms. The molecule has 0 spiro atoms. The van der Waals surface area contributed by atoms with Crippen LogP contribution in [0.1, 0.15) is 322 Å². The summed E-state index contributed by atoms with van der Waals surface area (Å²) in [6.07, 6.45) is 74.3. The number of unbranched alkanes of at least 4 members (excludes halogenated alkanes) is 39. The third-order valence-corrected chi connectivity index (χ3v) is 16.1. The second kappa shape index (κ2) is 59.1. The predicted molar refractivity (Wildman–Crippen MR) is 336 cm³/mol. The van der Waals surface area contributed by atoms with Crippen molar-refractivity contribution in [3.63, 3.8) is 0 Å². The number of hydrogen-bond donors (Lipinski definition) is 6. The quantitative estimate of drug-likeness (QED) is 0.0261. The summed E-state index contributed by atoms with van der Waals surface area (Å²) in [7, 11) is 0. The number of hydrogen-bond acceptors (Lipinski definition) is 8. The Hall–Kier alpha value is -2.11. The summed E-state index contributed by atoms with van der Waals surface area (Å²) in [5.74, 6) is -0.139. The van der Waals surface area contributed by atoms with Crippen LogP contribution in [0.15, 0.2) is 60.8 Å². The minimum absolute atomic E-state index is 0.135. The zero-order valence-corrected chi connectivity index (χ0v) is 51.6. The molecule has 1 rings (SSSR count). The number of rotatable bonds is 59.